The summed E-state index contributed by atoms with van der Waals surface area (Å²) >= 11 is 0. The van der Waals surface area contributed by atoms with Gasteiger partial charge in [0.25, 0.3) is 5.91 Å². The molecule has 18 heavy (non-hydrogen) atoms. The van der Waals surface area contributed by atoms with Crippen LogP contribution in [0.1, 0.15) is 31.1 Å². The number of carbonyl (C=O) groups excluding carboxylic acids is 1. The van der Waals surface area contributed by atoms with Gasteiger partial charge < -0.3 is 15.8 Å². The zero-order valence-electron chi connectivity index (χ0n) is 11.3. The molecule has 4 heteroatoms. The normalized spacial score (nSPS) is 12.3. The molecule has 0 heterocycles. The summed E-state index contributed by atoms with van der Waals surface area (Å²) in [6.07, 6.45) is 0. The fourth-order valence-electron chi connectivity index (χ4n) is 1.48. The Labute approximate surface area is 109 Å². The van der Waals surface area contributed by atoms with E-state index in [0.29, 0.717) is 30.4 Å². The summed E-state index contributed by atoms with van der Waals surface area (Å²) in [5.41, 5.74) is 6.44. The number of rotatable bonds is 6. The van der Waals surface area contributed by atoms with Crippen LogP contribution in [0.25, 0.3) is 0 Å². The smallest absolute Gasteiger partial charge is 0.255 e. The molecule has 0 aliphatic rings. The SMILES string of the molecule is CCOc1ccccc1C(=O)NCC(N)C(C)C. The second kappa shape index (κ2) is 7.01. The predicted molar refractivity (Wildman–Crippen MR) is 72.8 cm³/mol. The second-order valence-electron chi connectivity index (χ2n) is 4.55. The summed E-state index contributed by atoms with van der Waals surface area (Å²) in [5, 5.41) is 2.83. The highest BCUT2D eigenvalue weighted by molar-refractivity contribution is 5.96. The van der Waals surface area contributed by atoms with E-state index in [1.54, 1.807) is 12.1 Å². The number of nitrogens with one attached hydrogen (secondary N) is 1. The van der Waals surface area contributed by atoms with E-state index in [-0.39, 0.29) is 11.9 Å². The first-order valence-electron chi connectivity index (χ1n) is 6.31. The Hall–Kier alpha value is -1.55. The summed E-state index contributed by atoms with van der Waals surface area (Å²) in [6, 6.07) is 7.18. The largest absolute Gasteiger partial charge is 0.493 e. The van der Waals surface area contributed by atoms with E-state index in [4.69, 9.17) is 10.5 Å². The van der Waals surface area contributed by atoms with Crippen LogP contribution in [0.5, 0.6) is 5.75 Å². The minimum absolute atomic E-state index is 0.0341. The van der Waals surface area contributed by atoms with Gasteiger partial charge in [-0.05, 0) is 25.0 Å². The van der Waals surface area contributed by atoms with E-state index in [9.17, 15) is 4.79 Å². The molecule has 0 spiro atoms. The van der Waals surface area contributed by atoms with Gasteiger partial charge in [0.05, 0.1) is 12.2 Å². The lowest BCUT2D eigenvalue weighted by molar-refractivity contribution is 0.0945. The molecule has 100 valence electrons. The number of benzene rings is 1. The minimum atomic E-state index is -0.143. The summed E-state index contributed by atoms with van der Waals surface area (Å²) in [7, 11) is 0. The van der Waals surface area contributed by atoms with Crippen LogP contribution in [0, 0.1) is 5.92 Å². The standard InChI is InChI=1S/C14H22N2O2/c1-4-18-13-8-6-5-7-11(13)14(17)16-9-12(15)10(2)3/h5-8,10,12H,4,9,15H2,1-3H3,(H,16,17). The maximum Gasteiger partial charge on any atom is 0.255 e. The lowest BCUT2D eigenvalue weighted by Crippen LogP contribution is -2.40. The van der Waals surface area contributed by atoms with Gasteiger partial charge in [-0.2, -0.15) is 0 Å². The molecule has 1 aromatic carbocycles. The minimum Gasteiger partial charge on any atom is -0.493 e. The number of amides is 1. The number of hydrogen-bond donors (Lipinski definition) is 2. The van der Waals surface area contributed by atoms with Gasteiger partial charge in [-0.25, -0.2) is 0 Å². The van der Waals surface area contributed by atoms with Gasteiger partial charge in [0.1, 0.15) is 5.75 Å². The molecule has 1 rings (SSSR count). The van der Waals surface area contributed by atoms with Gasteiger partial charge in [0, 0.05) is 12.6 Å². The molecule has 1 atom stereocenters. The van der Waals surface area contributed by atoms with Gasteiger partial charge in [-0.3, -0.25) is 4.79 Å². The summed E-state index contributed by atoms with van der Waals surface area (Å²) < 4.78 is 5.42. The Bertz CT molecular complexity index is 391. The van der Waals surface area contributed by atoms with Gasteiger partial charge in [0.15, 0.2) is 0 Å². The molecule has 3 N–H and O–H groups in total. The van der Waals surface area contributed by atoms with Crippen molar-refractivity contribution in [2.24, 2.45) is 11.7 Å². The topological polar surface area (TPSA) is 64.3 Å². The van der Waals surface area contributed by atoms with Gasteiger partial charge in [-0.15, -0.1) is 0 Å². The number of hydrogen-bond acceptors (Lipinski definition) is 3. The molecule has 0 aliphatic heterocycles. The number of nitrogens with two attached hydrogens (primary N) is 1. The Morgan fingerprint density at radius 2 is 2.06 bits per heavy atom. The molecule has 0 aliphatic carbocycles. The van der Waals surface area contributed by atoms with E-state index in [1.165, 1.54) is 0 Å². The van der Waals surface area contributed by atoms with Crippen molar-refractivity contribution < 1.29 is 9.53 Å². The molecule has 0 radical (unpaired) electrons. The van der Waals surface area contributed by atoms with Crippen molar-refractivity contribution in [3.05, 3.63) is 29.8 Å². The van der Waals surface area contributed by atoms with Gasteiger partial charge in [-0.1, -0.05) is 26.0 Å². The monoisotopic (exact) mass is 250 g/mol. The Morgan fingerprint density at radius 3 is 2.67 bits per heavy atom. The van der Waals surface area contributed by atoms with Crippen molar-refractivity contribution in [2.45, 2.75) is 26.8 Å². The highest BCUT2D eigenvalue weighted by Gasteiger charge is 2.14. The predicted octanol–water partition coefficient (Wildman–Crippen LogP) is 1.80. The highest BCUT2D eigenvalue weighted by atomic mass is 16.5. The van der Waals surface area contributed by atoms with Crippen molar-refractivity contribution >= 4 is 5.91 Å². The molecule has 0 saturated carbocycles. The van der Waals surface area contributed by atoms with Crippen LogP contribution in [-0.4, -0.2) is 25.1 Å². The van der Waals surface area contributed by atoms with Crippen LogP contribution in [0.3, 0.4) is 0 Å². The van der Waals surface area contributed by atoms with Crippen LogP contribution in [-0.2, 0) is 0 Å². The van der Waals surface area contributed by atoms with Crippen molar-refractivity contribution in [1.29, 1.82) is 0 Å². The van der Waals surface area contributed by atoms with Crippen LogP contribution < -0.4 is 15.8 Å². The fourth-order valence-corrected chi connectivity index (χ4v) is 1.48. The maximum atomic E-state index is 12.0. The lowest BCUT2D eigenvalue weighted by atomic mass is 10.1. The fraction of sp³-hybridized carbons (Fsp3) is 0.500. The van der Waals surface area contributed by atoms with E-state index < -0.39 is 0 Å². The molecule has 1 aromatic rings. The molecule has 0 aromatic heterocycles. The third-order valence-corrected chi connectivity index (χ3v) is 2.79. The molecule has 4 nitrogen and oxygen atoms in total. The highest BCUT2D eigenvalue weighted by Crippen LogP contribution is 2.17. The van der Waals surface area contributed by atoms with Crippen LogP contribution in [0.15, 0.2) is 24.3 Å². The lowest BCUT2D eigenvalue weighted by Gasteiger charge is -2.17. The summed E-state index contributed by atoms with van der Waals surface area (Å²) in [6.45, 7) is 6.96. The zero-order chi connectivity index (χ0) is 13.5. The molecular weight excluding hydrogens is 228 g/mol. The molecule has 1 unspecified atom stereocenters. The third kappa shape index (κ3) is 4.04. The first-order chi connectivity index (χ1) is 8.56. The number of ether oxygens (including phenoxy) is 1. The second-order valence-corrected chi connectivity index (χ2v) is 4.55. The van der Waals surface area contributed by atoms with Crippen molar-refractivity contribution in [2.75, 3.05) is 13.2 Å². The molecule has 0 bridgehead atoms. The van der Waals surface area contributed by atoms with Gasteiger partial charge in [0.2, 0.25) is 0 Å². The average Bonchev–Trinajstić information content (AvgIpc) is 2.36. The van der Waals surface area contributed by atoms with Crippen LogP contribution in [0.4, 0.5) is 0 Å². The number of carbonyl (C=O) groups is 1. The summed E-state index contributed by atoms with van der Waals surface area (Å²) in [4.78, 5) is 12.0. The van der Waals surface area contributed by atoms with Gasteiger partial charge >= 0.3 is 0 Å². The molecule has 0 saturated heterocycles. The first-order valence-corrected chi connectivity index (χ1v) is 6.31. The quantitative estimate of drug-likeness (QED) is 0.809. The maximum absolute atomic E-state index is 12.0. The third-order valence-electron chi connectivity index (χ3n) is 2.79. The number of para-hydroxylation sites is 1. The Morgan fingerprint density at radius 1 is 1.39 bits per heavy atom. The van der Waals surface area contributed by atoms with E-state index in [0.717, 1.165) is 0 Å². The summed E-state index contributed by atoms with van der Waals surface area (Å²) in [5.74, 6) is 0.804. The van der Waals surface area contributed by atoms with Crippen molar-refractivity contribution in [3.8, 4) is 5.75 Å². The van der Waals surface area contributed by atoms with Crippen LogP contribution in [0.2, 0.25) is 0 Å². The molecule has 1 amide bonds. The van der Waals surface area contributed by atoms with E-state index in [2.05, 4.69) is 5.32 Å². The Balaban J connectivity index is 2.66. The Kier molecular flexibility index (Phi) is 5.65. The van der Waals surface area contributed by atoms with E-state index >= 15 is 0 Å². The van der Waals surface area contributed by atoms with E-state index in [1.807, 2.05) is 32.9 Å². The first kappa shape index (κ1) is 14.5. The van der Waals surface area contributed by atoms with Crippen LogP contribution >= 0.6 is 0 Å². The molecular formula is C14H22N2O2. The zero-order valence-corrected chi connectivity index (χ0v) is 11.3. The average molecular weight is 250 g/mol. The molecule has 0 fully saturated rings. The van der Waals surface area contributed by atoms with Crippen molar-refractivity contribution in [3.63, 3.8) is 0 Å². The van der Waals surface area contributed by atoms with Crippen molar-refractivity contribution in [1.82, 2.24) is 5.32 Å².